The molecular weight excluding hydrogens is 378 g/mol. The first-order chi connectivity index (χ1) is 13.4. The van der Waals surface area contributed by atoms with Gasteiger partial charge in [0.15, 0.2) is 5.82 Å². The van der Waals surface area contributed by atoms with Crippen LogP contribution in [0.3, 0.4) is 0 Å². The molecule has 2 aromatic rings. The molecule has 2 fully saturated rings. The number of aromatic nitrogens is 2. The molecule has 1 aromatic heterocycles. The Balaban J connectivity index is 1.27. The van der Waals surface area contributed by atoms with E-state index in [0.29, 0.717) is 24.7 Å². The van der Waals surface area contributed by atoms with E-state index in [1.807, 2.05) is 17.0 Å². The molecule has 1 aliphatic carbocycles. The summed E-state index contributed by atoms with van der Waals surface area (Å²) in [6.45, 7) is 1.16. The van der Waals surface area contributed by atoms with Gasteiger partial charge in [-0.3, -0.25) is 4.79 Å². The first-order valence-electron chi connectivity index (χ1n) is 9.41. The number of nitrogens with one attached hydrogen (secondary N) is 1. The number of sulfonamides is 1. The summed E-state index contributed by atoms with van der Waals surface area (Å²) in [7, 11) is -2.01. The minimum atomic E-state index is -3.62. The lowest BCUT2D eigenvalue weighted by Crippen LogP contribution is -2.60. The standard InChI is InChI=1S/C19H21N5O3S/c1-23(28(26,27)15-4-5-16-13(8-15)9-19(25)20-16)14-10-24(11-14)18-7-6-17(21-22-18)12-2-3-12/h4-8,12,14H,2-3,9-11H2,1H3,(H,20,25). The predicted octanol–water partition coefficient (Wildman–Crippen LogP) is 1.36. The molecule has 1 saturated heterocycles. The van der Waals surface area contributed by atoms with Gasteiger partial charge in [-0.2, -0.15) is 9.40 Å². The molecule has 0 atom stereocenters. The van der Waals surface area contributed by atoms with Crippen LogP contribution in [0.4, 0.5) is 11.5 Å². The van der Waals surface area contributed by atoms with Crippen molar-refractivity contribution in [3.63, 3.8) is 0 Å². The molecule has 0 radical (unpaired) electrons. The summed E-state index contributed by atoms with van der Waals surface area (Å²) < 4.78 is 27.4. The van der Waals surface area contributed by atoms with Gasteiger partial charge in [-0.1, -0.05) is 0 Å². The molecule has 9 heteroatoms. The summed E-state index contributed by atoms with van der Waals surface area (Å²) in [6.07, 6.45) is 2.60. The Labute approximate surface area is 163 Å². The first-order valence-corrected chi connectivity index (χ1v) is 10.9. The van der Waals surface area contributed by atoms with E-state index in [0.717, 1.165) is 17.1 Å². The van der Waals surface area contributed by atoms with Crippen LogP contribution in [0.25, 0.3) is 0 Å². The second kappa shape index (κ2) is 6.25. The molecule has 146 valence electrons. The molecule has 0 unspecified atom stereocenters. The summed E-state index contributed by atoms with van der Waals surface area (Å²) >= 11 is 0. The van der Waals surface area contributed by atoms with Gasteiger partial charge in [0, 0.05) is 31.7 Å². The van der Waals surface area contributed by atoms with E-state index in [1.54, 1.807) is 25.2 Å². The van der Waals surface area contributed by atoms with E-state index in [1.165, 1.54) is 17.1 Å². The van der Waals surface area contributed by atoms with Crippen molar-refractivity contribution in [3.05, 3.63) is 41.6 Å². The van der Waals surface area contributed by atoms with Gasteiger partial charge in [-0.15, -0.1) is 5.10 Å². The molecule has 2 aliphatic heterocycles. The molecule has 3 heterocycles. The van der Waals surface area contributed by atoms with E-state index in [2.05, 4.69) is 15.5 Å². The maximum Gasteiger partial charge on any atom is 0.243 e. The van der Waals surface area contributed by atoms with Crippen molar-refractivity contribution in [2.45, 2.75) is 36.1 Å². The van der Waals surface area contributed by atoms with Crippen LogP contribution in [0.1, 0.15) is 30.0 Å². The van der Waals surface area contributed by atoms with Crippen molar-refractivity contribution >= 4 is 27.4 Å². The van der Waals surface area contributed by atoms with Crippen molar-refractivity contribution < 1.29 is 13.2 Å². The van der Waals surface area contributed by atoms with Crippen molar-refractivity contribution in [1.29, 1.82) is 0 Å². The average Bonchev–Trinajstić information content (AvgIpc) is 3.41. The summed E-state index contributed by atoms with van der Waals surface area (Å²) in [6, 6.07) is 8.67. The molecule has 28 heavy (non-hydrogen) atoms. The highest BCUT2D eigenvalue weighted by Crippen LogP contribution is 2.39. The average molecular weight is 399 g/mol. The zero-order chi connectivity index (χ0) is 19.5. The minimum absolute atomic E-state index is 0.110. The number of anilines is 2. The second-order valence-electron chi connectivity index (χ2n) is 7.71. The van der Waals surface area contributed by atoms with Crippen LogP contribution in [0.15, 0.2) is 35.2 Å². The van der Waals surface area contributed by atoms with Gasteiger partial charge in [0.1, 0.15) is 0 Å². The fourth-order valence-electron chi connectivity index (χ4n) is 3.70. The maximum absolute atomic E-state index is 13.0. The van der Waals surface area contributed by atoms with Gasteiger partial charge in [-0.05, 0) is 48.7 Å². The zero-order valence-electron chi connectivity index (χ0n) is 15.5. The number of hydrogen-bond donors (Lipinski definition) is 1. The van der Waals surface area contributed by atoms with Crippen LogP contribution < -0.4 is 10.2 Å². The number of likely N-dealkylation sites (N-methyl/N-ethyl adjacent to an activating group) is 1. The van der Waals surface area contributed by atoms with E-state index >= 15 is 0 Å². The van der Waals surface area contributed by atoms with Gasteiger partial charge in [0.2, 0.25) is 15.9 Å². The highest BCUT2D eigenvalue weighted by Gasteiger charge is 2.38. The number of fused-ring (bicyclic) bond motifs is 1. The molecule has 1 saturated carbocycles. The SMILES string of the molecule is CN(C1CN(c2ccc(C3CC3)nn2)C1)S(=O)(=O)c1ccc2c(c1)CC(=O)N2. The van der Waals surface area contributed by atoms with Crippen molar-refractivity contribution in [2.24, 2.45) is 0 Å². The van der Waals surface area contributed by atoms with Gasteiger partial charge in [0.25, 0.3) is 0 Å². The van der Waals surface area contributed by atoms with E-state index in [9.17, 15) is 13.2 Å². The summed E-state index contributed by atoms with van der Waals surface area (Å²) in [5, 5.41) is 11.3. The fourth-order valence-corrected chi connectivity index (χ4v) is 5.09. The second-order valence-corrected chi connectivity index (χ2v) is 9.71. The molecular formula is C19H21N5O3S. The molecule has 8 nitrogen and oxygen atoms in total. The number of amides is 1. The Morgan fingerprint density at radius 2 is 1.93 bits per heavy atom. The van der Waals surface area contributed by atoms with Gasteiger partial charge < -0.3 is 10.2 Å². The number of benzene rings is 1. The minimum Gasteiger partial charge on any atom is -0.352 e. The van der Waals surface area contributed by atoms with E-state index in [4.69, 9.17) is 0 Å². The van der Waals surface area contributed by atoms with Crippen LogP contribution in [-0.4, -0.2) is 55.0 Å². The van der Waals surface area contributed by atoms with Crippen LogP contribution >= 0.6 is 0 Å². The van der Waals surface area contributed by atoms with Crippen LogP contribution in [0.2, 0.25) is 0 Å². The zero-order valence-corrected chi connectivity index (χ0v) is 16.3. The molecule has 5 rings (SSSR count). The summed E-state index contributed by atoms with van der Waals surface area (Å²) in [4.78, 5) is 13.8. The third-order valence-electron chi connectivity index (χ3n) is 5.75. The van der Waals surface area contributed by atoms with Crippen molar-refractivity contribution in [1.82, 2.24) is 14.5 Å². The Bertz CT molecular complexity index is 1040. The Morgan fingerprint density at radius 1 is 1.14 bits per heavy atom. The smallest absolute Gasteiger partial charge is 0.243 e. The largest absolute Gasteiger partial charge is 0.352 e. The van der Waals surface area contributed by atoms with Crippen LogP contribution in [0, 0.1) is 0 Å². The summed E-state index contributed by atoms with van der Waals surface area (Å²) in [5.74, 6) is 1.25. The topological polar surface area (TPSA) is 95.5 Å². The number of nitrogens with zero attached hydrogens (tertiary/aromatic N) is 4. The van der Waals surface area contributed by atoms with Gasteiger partial charge >= 0.3 is 0 Å². The highest BCUT2D eigenvalue weighted by atomic mass is 32.2. The predicted molar refractivity (Wildman–Crippen MR) is 104 cm³/mol. The Kier molecular flexibility index (Phi) is 3.92. The fraction of sp³-hybridized carbons (Fsp3) is 0.421. The molecule has 0 bridgehead atoms. The third kappa shape index (κ3) is 2.94. The quantitative estimate of drug-likeness (QED) is 0.816. The van der Waals surface area contributed by atoms with E-state index < -0.39 is 10.0 Å². The van der Waals surface area contributed by atoms with E-state index in [-0.39, 0.29) is 23.3 Å². The van der Waals surface area contributed by atoms with Crippen LogP contribution in [-0.2, 0) is 21.2 Å². The third-order valence-corrected chi connectivity index (χ3v) is 7.65. The molecule has 1 aromatic carbocycles. The monoisotopic (exact) mass is 399 g/mol. The van der Waals surface area contributed by atoms with Crippen LogP contribution in [0.5, 0.6) is 0 Å². The normalized spacial score (nSPS) is 19.5. The first kappa shape index (κ1) is 17.6. The van der Waals surface area contributed by atoms with Gasteiger partial charge in [-0.25, -0.2) is 8.42 Å². The van der Waals surface area contributed by atoms with Gasteiger partial charge in [0.05, 0.1) is 23.1 Å². The van der Waals surface area contributed by atoms with Crippen molar-refractivity contribution in [3.8, 4) is 0 Å². The maximum atomic E-state index is 13.0. The molecule has 1 amide bonds. The number of carbonyl (C=O) groups excluding carboxylic acids is 1. The lowest BCUT2D eigenvalue weighted by atomic mass is 10.1. The Morgan fingerprint density at radius 3 is 2.61 bits per heavy atom. The molecule has 1 N–H and O–H groups in total. The lowest BCUT2D eigenvalue weighted by molar-refractivity contribution is -0.115. The molecule has 3 aliphatic rings. The van der Waals surface area contributed by atoms with Crippen molar-refractivity contribution in [2.75, 3.05) is 30.4 Å². The number of rotatable bonds is 5. The summed E-state index contributed by atoms with van der Waals surface area (Å²) in [5.41, 5.74) is 2.46. The Hall–Kier alpha value is -2.52. The lowest BCUT2D eigenvalue weighted by Gasteiger charge is -2.43. The highest BCUT2D eigenvalue weighted by molar-refractivity contribution is 7.89. The number of carbonyl (C=O) groups is 1. The number of hydrogen-bond acceptors (Lipinski definition) is 6. The molecule has 0 spiro atoms.